The van der Waals surface area contributed by atoms with Crippen molar-refractivity contribution in [3.63, 3.8) is 0 Å². The third-order valence-corrected chi connectivity index (χ3v) is 3.83. The maximum Gasteiger partial charge on any atom is 0.339 e. The Kier molecular flexibility index (Phi) is 4.64. The lowest BCUT2D eigenvalue weighted by Crippen LogP contribution is -2.05. The summed E-state index contributed by atoms with van der Waals surface area (Å²) in [6, 6.07) is 6.79. The van der Waals surface area contributed by atoms with Gasteiger partial charge in [0, 0.05) is 19.3 Å². The van der Waals surface area contributed by atoms with Crippen LogP contribution in [0.1, 0.15) is 10.4 Å². The number of benzene rings is 1. The molecule has 0 saturated heterocycles. The third-order valence-electron chi connectivity index (χ3n) is 2.27. The topological polar surface area (TPSA) is 62.2 Å². The van der Waals surface area contributed by atoms with E-state index in [1.165, 1.54) is 12.3 Å². The number of halogens is 3. The van der Waals surface area contributed by atoms with E-state index in [9.17, 15) is 4.79 Å². The zero-order valence-corrected chi connectivity index (χ0v) is 13.8. The average molecular weight is 453 g/mol. The summed E-state index contributed by atoms with van der Waals surface area (Å²) in [4.78, 5) is 15.3. The fourth-order valence-corrected chi connectivity index (χ4v) is 2.76. The van der Waals surface area contributed by atoms with Crippen LogP contribution in [0.25, 0.3) is 0 Å². The van der Waals surface area contributed by atoms with Crippen molar-refractivity contribution in [3.05, 3.63) is 49.1 Å². The molecule has 1 aromatic heterocycles. The van der Waals surface area contributed by atoms with E-state index in [0.717, 1.165) is 9.26 Å². The smallest absolute Gasteiger partial charge is 0.339 e. The molecule has 2 rings (SSSR count). The molecule has 0 aliphatic carbocycles. The Bertz CT molecular complexity index is 652. The zero-order chi connectivity index (χ0) is 14.0. The maximum absolute atomic E-state index is 11.2. The van der Waals surface area contributed by atoms with E-state index in [1.807, 2.05) is 0 Å². The number of hydrogen-bond acceptors (Lipinski definition) is 3. The van der Waals surface area contributed by atoms with Crippen LogP contribution in [0.5, 0.6) is 0 Å². The number of nitrogens with zero attached hydrogens (tertiary/aromatic N) is 1. The Balaban J connectivity index is 2.40. The van der Waals surface area contributed by atoms with Crippen LogP contribution in [0.2, 0.25) is 5.02 Å². The fraction of sp³-hybridized carbons (Fsp3) is 0. The molecule has 0 fully saturated rings. The highest BCUT2D eigenvalue weighted by Crippen LogP contribution is 2.27. The first kappa shape index (κ1) is 14.5. The predicted octanol–water partition coefficient (Wildman–Crippen LogP) is 4.54. The molecule has 7 heteroatoms. The highest BCUT2D eigenvalue weighted by atomic mass is 127. The molecular formula is C12H7BrClIN2O2. The second-order valence-electron chi connectivity index (χ2n) is 3.60. The van der Waals surface area contributed by atoms with Gasteiger partial charge in [-0.1, -0.05) is 11.6 Å². The molecule has 0 aliphatic rings. The molecule has 0 spiro atoms. The lowest BCUT2D eigenvalue weighted by Gasteiger charge is -2.10. The zero-order valence-electron chi connectivity index (χ0n) is 9.32. The first-order valence-corrected chi connectivity index (χ1v) is 7.33. The number of carboxylic acid groups (broad SMARTS) is 1. The van der Waals surface area contributed by atoms with Crippen molar-refractivity contribution in [1.82, 2.24) is 4.98 Å². The second-order valence-corrected chi connectivity index (χ2v) is 6.12. The van der Waals surface area contributed by atoms with Crippen LogP contribution in [0.3, 0.4) is 0 Å². The van der Waals surface area contributed by atoms with E-state index in [0.29, 0.717) is 9.50 Å². The van der Waals surface area contributed by atoms with Crippen molar-refractivity contribution >= 4 is 67.6 Å². The summed E-state index contributed by atoms with van der Waals surface area (Å²) in [6.07, 6.45) is 1.54. The van der Waals surface area contributed by atoms with Crippen LogP contribution in [0.15, 0.2) is 34.9 Å². The van der Waals surface area contributed by atoms with Gasteiger partial charge in [-0.25, -0.2) is 9.78 Å². The monoisotopic (exact) mass is 452 g/mol. The number of nitrogens with one attached hydrogen (secondary N) is 1. The van der Waals surface area contributed by atoms with Gasteiger partial charge in [-0.05, 0) is 62.8 Å². The number of aromatic carboxylic acids is 1. The van der Waals surface area contributed by atoms with Crippen LogP contribution >= 0.6 is 50.1 Å². The number of hydrogen-bond donors (Lipinski definition) is 2. The van der Waals surface area contributed by atoms with E-state index in [4.69, 9.17) is 16.7 Å². The number of carboxylic acids is 1. The van der Waals surface area contributed by atoms with E-state index in [2.05, 4.69) is 48.8 Å². The van der Waals surface area contributed by atoms with Crippen molar-refractivity contribution < 1.29 is 9.90 Å². The van der Waals surface area contributed by atoms with Gasteiger partial charge in [-0.2, -0.15) is 0 Å². The van der Waals surface area contributed by atoms with E-state index < -0.39 is 5.97 Å². The van der Waals surface area contributed by atoms with Gasteiger partial charge in [0.25, 0.3) is 0 Å². The average Bonchev–Trinajstić information content (AvgIpc) is 2.34. The summed E-state index contributed by atoms with van der Waals surface area (Å²) in [5.74, 6) is -0.754. The van der Waals surface area contributed by atoms with Crippen LogP contribution in [0.4, 0.5) is 11.5 Å². The number of aromatic nitrogens is 1. The molecule has 0 radical (unpaired) electrons. The Morgan fingerprint density at radius 1 is 1.42 bits per heavy atom. The molecule has 0 aliphatic heterocycles. The Labute approximate surface area is 136 Å². The van der Waals surface area contributed by atoms with Gasteiger partial charge >= 0.3 is 5.97 Å². The number of carbonyl (C=O) groups is 1. The molecule has 0 amide bonds. The van der Waals surface area contributed by atoms with Gasteiger partial charge in [-0.15, -0.1) is 0 Å². The molecule has 1 aromatic carbocycles. The molecule has 0 bridgehead atoms. The molecule has 98 valence electrons. The summed E-state index contributed by atoms with van der Waals surface area (Å²) >= 11 is 11.2. The summed E-state index contributed by atoms with van der Waals surface area (Å²) < 4.78 is 1.49. The predicted molar refractivity (Wildman–Crippen MR) is 86.3 cm³/mol. The highest BCUT2D eigenvalue weighted by Gasteiger charge is 2.13. The number of rotatable bonds is 3. The van der Waals surface area contributed by atoms with Gasteiger partial charge in [0.15, 0.2) is 0 Å². The van der Waals surface area contributed by atoms with E-state index in [1.54, 1.807) is 18.2 Å². The summed E-state index contributed by atoms with van der Waals surface area (Å²) in [5.41, 5.74) is 0.849. The SMILES string of the molecule is O=C(O)c1cc(Br)cnc1Nc1ccc(Cl)cc1I. The molecule has 0 saturated carbocycles. The fourth-order valence-electron chi connectivity index (χ4n) is 1.42. The normalized spacial score (nSPS) is 10.3. The van der Waals surface area contributed by atoms with Crippen LogP contribution < -0.4 is 5.32 Å². The van der Waals surface area contributed by atoms with Gasteiger partial charge < -0.3 is 10.4 Å². The van der Waals surface area contributed by atoms with Crippen molar-refractivity contribution in [2.45, 2.75) is 0 Å². The molecule has 2 aromatic rings. The standard InChI is InChI=1S/C12H7BrClIN2O2/c13-6-3-8(12(18)19)11(16-5-6)17-10-2-1-7(14)4-9(10)15/h1-5H,(H,16,17)(H,18,19). The summed E-state index contributed by atoms with van der Waals surface area (Å²) in [5, 5.41) is 12.8. The van der Waals surface area contributed by atoms with Crippen LogP contribution in [-0.4, -0.2) is 16.1 Å². The molecular weight excluding hydrogens is 446 g/mol. The summed E-state index contributed by atoms with van der Waals surface area (Å²) in [7, 11) is 0. The van der Waals surface area contributed by atoms with Crippen LogP contribution in [-0.2, 0) is 0 Å². The Hall–Kier alpha value is -0.860. The van der Waals surface area contributed by atoms with E-state index in [-0.39, 0.29) is 11.4 Å². The van der Waals surface area contributed by atoms with Crippen molar-refractivity contribution in [2.24, 2.45) is 0 Å². The molecule has 19 heavy (non-hydrogen) atoms. The van der Waals surface area contributed by atoms with Gasteiger partial charge in [-0.3, -0.25) is 0 Å². The summed E-state index contributed by atoms with van der Waals surface area (Å²) in [6.45, 7) is 0. The van der Waals surface area contributed by atoms with Crippen molar-refractivity contribution in [1.29, 1.82) is 0 Å². The molecule has 4 nitrogen and oxygen atoms in total. The van der Waals surface area contributed by atoms with Crippen LogP contribution in [0, 0.1) is 3.57 Å². The van der Waals surface area contributed by atoms with Gasteiger partial charge in [0.2, 0.25) is 0 Å². The van der Waals surface area contributed by atoms with Crippen molar-refractivity contribution in [3.8, 4) is 0 Å². The first-order valence-electron chi connectivity index (χ1n) is 5.08. The Morgan fingerprint density at radius 2 is 2.16 bits per heavy atom. The molecule has 2 N–H and O–H groups in total. The number of anilines is 2. The van der Waals surface area contributed by atoms with Crippen molar-refractivity contribution in [2.75, 3.05) is 5.32 Å². The minimum absolute atomic E-state index is 0.0973. The highest BCUT2D eigenvalue weighted by molar-refractivity contribution is 14.1. The molecule has 0 atom stereocenters. The van der Waals surface area contributed by atoms with Gasteiger partial charge in [0.1, 0.15) is 11.4 Å². The molecule has 0 unspecified atom stereocenters. The first-order chi connectivity index (χ1) is 8.97. The lowest BCUT2D eigenvalue weighted by atomic mass is 10.2. The minimum atomic E-state index is -1.04. The molecule has 1 heterocycles. The lowest BCUT2D eigenvalue weighted by molar-refractivity contribution is 0.0697. The minimum Gasteiger partial charge on any atom is -0.478 e. The van der Waals surface area contributed by atoms with E-state index >= 15 is 0 Å². The maximum atomic E-state index is 11.2. The Morgan fingerprint density at radius 3 is 2.79 bits per heavy atom. The van der Waals surface area contributed by atoms with Gasteiger partial charge in [0.05, 0.1) is 5.69 Å². The second kappa shape index (κ2) is 6.06. The quantitative estimate of drug-likeness (QED) is 0.670. The third kappa shape index (κ3) is 3.58. The number of pyridine rings is 1. The largest absolute Gasteiger partial charge is 0.478 e.